The molecule has 2 aromatic carbocycles. The van der Waals surface area contributed by atoms with E-state index in [0.29, 0.717) is 5.92 Å². The Morgan fingerprint density at radius 1 is 1.16 bits per heavy atom. The second kappa shape index (κ2) is 7.44. The largest absolute Gasteiger partial charge is 0.444 e. The van der Waals surface area contributed by atoms with Crippen LogP contribution in [0.15, 0.2) is 42.5 Å². The van der Waals surface area contributed by atoms with Gasteiger partial charge in [-0.3, -0.25) is 0 Å². The van der Waals surface area contributed by atoms with Crippen molar-refractivity contribution in [2.45, 2.75) is 32.8 Å². The van der Waals surface area contributed by atoms with Crippen molar-refractivity contribution in [1.82, 2.24) is 10.2 Å². The van der Waals surface area contributed by atoms with Crippen LogP contribution in [0.25, 0.3) is 10.8 Å². The van der Waals surface area contributed by atoms with Gasteiger partial charge >= 0.3 is 6.09 Å². The lowest BCUT2D eigenvalue weighted by molar-refractivity contribution is -0.000715. The van der Waals surface area contributed by atoms with Gasteiger partial charge in [0.15, 0.2) is 0 Å². The summed E-state index contributed by atoms with van der Waals surface area (Å²) in [6, 6.07) is 15.1. The van der Waals surface area contributed by atoms with Crippen molar-refractivity contribution in [2.75, 3.05) is 26.2 Å². The Morgan fingerprint density at radius 2 is 1.88 bits per heavy atom. The molecule has 1 fully saturated rings. The smallest absolute Gasteiger partial charge is 0.410 e. The maximum atomic E-state index is 11.9. The summed E-state index contributed by atoms with van der Waals surface area (Å²) >= 11 is 0. The Hall–Kier alpha value is -2.07. The Bertz CT molecular complexity index is 730. The molecule has 1 aliphatic rings. The van der Waals surface area contributed by atoms with E-state index in [1.165, 1.54) is 16.3 Å². The molecule has 0 atom stereocenters. The van der Waals surface area contributed by atoms with Gasteiger partial charge < -0.3 is 15.0 Å². The minimum Gasteiger partial charge on any atom is -0.444 e. The normalized spacial score (nSPS) is 15.2. The molecule has 1 amide bonds. The second-order valence-corrected chi connectivity index (χ2v) is 7.89. The molecule has 0 bridgehead atoms. The van der Waals surface area contributed by atoms with E-state index >= 15 is 0 Å². The van der Waals surface area contributed by atoms with Crippen LogP contribution in [0.1, 0.15) is 26.3 Å². The van der Waals surface area contributed by atoms with Crippen LogP contribution in [0.5, 0.6) is 0 Å². The molecule has 4 nitrogen and oxygen atoms in total. The number of hydrogen-bond acceptors (Lipinski definition) is 3. The first-order valence-corrected chi connectivity index (χ1v) is 9.07. The fourth-order valence-electron chi connectivity index (χ4n) is 3.11. The van der Waals surface area contributed by atoms with Gasteiger partial charge in [0, 0.05) is 25.6 Å². The standard InChI is InChI=1S/C21H28N2O2/c1-21(2,3)25-20(24)23-14-17(15-23)13-22-11-10-16-8-9-18-6-4-5-7-19(18)12-16/h4-9,12,17,22H,10-11,13-15H2,1-3H3. The van der Waals surface area contributed by atoms with Gasteiger partial charge in [-0.15, -0.1) is 0 Å². The Morgan fingerprint density at radius 3 is 2.60 bits per heavy atom. The Balaban J connectivity index is 1.35. The van der Waals surface area contributed by atoms with Crippen molar-refractivity contribution in [3.63, 3.8) is 0 Å². The van der Waals surface area contributed by atoms with Crippen LogP contribution in [0, 0.1) is 5.92 Å². The molecule has 3 rings (SSSR count). The highest BCUT2D eigenvalue weighted by Crippen LogP contribution is 2.19. The van der Waals surface area contributed by atoms with E-state index in [2.05, 4.69) is 47.8 Å². The van der Waals surface area contributed by atoms with E-state index < -0.39 is 5.60 Å². The first-order valence-electron chi connectivity index (χ1n) is 9.07. The molecule has 0 radical (unpaired) electrons. The van der Waals surface area contributed by atoms with Crippen molar-refractivity contribution in [2.24, 2.45) is 5.92 Å². The highest BCUT2D eigenvalue weighted by atomic mass is 16.6. The summed E-state index contributed by atoms with van der Waals surface area (Å²) in [4.78, 5) is 13.7. The van der Waals surface area contributed by atoms with Gasteiger partial charge in [-0.2, -0.15) is 0 Å². The van der Waals surface area contributed by atoms with E-state index in [1.807, 2.05) is 20.8 Å². The van der Waals surface area contributed by atoms with Crippen LogP contribution in [-0.4, -0.2) is 42.8 Å². The van der Waals surface area contributed by atoms with Crippen molar-refractivity contribution < 1.29 is 9.53 Å². The van der Waals surface area contributed by atoms with E-state index in [-0.39, 0.29) is 6.09 Å². The quantitative estimate of drug-likeness (QED) is 0.841. The number of fused-ring (bicyclic) bond motifs is 1. The lowest BCUT2D eigenvalue weighted by Gasteiger charge is -2.39. The number of ether oxygens (including phenoxy) is 1. The zero-order chi connectivity index (χ0) is 17.9. The molecule has 0 unspecified atom stereocenters. The average Bonchev–Trinajstić information content (AvgIpc) is 2.51. The van der Waals surface area contributed by atoms with Crippen LogP contribution < -0.4 is 5.32 Å². The van der Waals surface area contributed by atoms with Crippen molar-refractivity contribution in [3.05, 3.63) is 48.0 Å². The second-order valence-electron chi connectivity index (χ2n) is 7.89. The fourth-order valence-corrected chi connectivity index (χ4v) is 3.11. The summed E-state index contributed by atoms with van der Waals surface area (Å²) in [6.45, 7) is 9.19. The minimum atomic E-state index is -0.416. The summed E-state index contributed by atoms with van der Waals surface area (Å²) in [5, 5.41) is 6.10. The van der Waals surface area contributed by atoms with Crippen LogP contribution in [0.3, 0.4) is 0 Å². The topological polar surface area (TPSA) is 41.6 Å². The van der Waals surface area contributed by atoms with Gasteiger partial charge in [0.25, 0.3) is 0 Å². The fraction of sp³-hybridized carbons (Fsp3) is 0.476. The highest BCUT2D eigenvalue weighted by molar-refractivity contribution is 5.82. The number of carbonyl (C=O) groups excluding carboxylic acids is 1. The number of rotatable bonds is 5. The van der Waals surface area contributed by atoms with Crippen LogP contribution in [0.2, 0.25) is 0 Å². The van der Waals surface area contributed by atoms with E-state index in [1.54, 1.807) is 4.90 Å². The zero-order valence-electron chi connectivity index (χ0n) is 15.4. The molecule has 0 aromatic heterocycles. The minimum absolute atomic E-state index is 0.195. The first-order chi connectivity index (χ1) is 11.9. The number of nitrogens with one attached hydrogen (secondary N) is 1. The molecular weight excluding hydrogens is 312 g/mol. The summed E-state index contributed by atoms with van der Waals surface area (Å²) in [5.41, 5.74) is 0.940. The van der Waals surface area contributed by atoms with Gasteiger partial charge in [0.05, 0.1) is 0 Å². The monoisotopic (exact) mass is 340 g/mol. The predicted molar refractivity (Wildman–Crippen MR) is 102 cm³/mol. The number of hydrogen-bond donors (Lipinski definition) is 1. The van der Waals surface area contributed by atoms with Gasteiger partial charge in [-0.05, 0) is 50.1 Å². The third kappa shape index (κ3) is 4.95. The highest BCUT2D eigenvalue weighted by Gasteiger charge is 2.33. The molecule has 4 heteroatoms. The van der Waals surface area contributed by atoms with Crippen LogP contribution in [0.4, 0.5) is 4.79 Å². The maximum absolute atomic E-state index is 11.9. The van der Waals surface area contributed by atoms with Gasteiger partial charge in [-0.1, -0.05) is 42.5 Å². The molecular formula is C21H28N2O2. The lowest BCUT2D eigenvalue weighted by atomic mass is 10.0. The summed E-state index contributed by atoms with van der Waals surface area (Å²) in [7, 11) is 0. The summed E-state index contributed by atoms with van der Waals surface area (Å²) in [6.07, 6.45) is 0.827. The molecule has 0 aliphatic carbocycles. The third-order valence-corrected chi connectivity index (χ3v) is 4.45. The van der Waals surface area contributed by atoms with Crippen molar-refractivity contribution >= 4 is 16.9 Å². The molecule has 134 valence electrons. The van der Waals surface area contributed by atoms with Crippen LogP contribution >= 0.6 is 0 Å². The molecule has 2 aromatic rings. The molecule has 1 saturated heterocycles. The van der Waals surface area contributed by atoms with E-state index in [0.717, 1.165) is 32.6 Å². The van der Waals surface area contributed by atoms with Gasteiger partial charge in [0.2, 0.25) is 0 Å². The Labute approximate surface area is 150 Å². The lowest BCUT2D eigenvalue weighted by Crippen LogP contribution is -2.54. The first kappa shape index (κ1) is 17.7. The number of benzene rings is 2. The van der Waals surface area contributed by atoms with Crippen LogP contribution in [-0.2, 0) is 11.2 Å². The maximum Gasteiger partial charge on any atom is 0.410 e. The number of amides is 1. The third-order valence-electron chi connectivity index (χ3n) is 4.45. The van der Waals surface area contributed by atoms with Crippen molar-refractivity contribution in [1.29, 1.82) is 0 Å². The van der Waals surface area contributed by atoms with Gasteiger partial charge in [-0.25, -0.2) is 4.79 Å². The Kier molecular flexibility index (Phi) is 5.28. The SMILES string of the molecule is CC(C)(C)OC(=O)N1CC(CNCCc2ccc3ccccc3c2)C1. The molecule has 0 saturated carbocycles. The summed E-state index contributed by atoms with van der Waals surface area (Å²) in [5.74, 6) is 0.532. The van der Waals surface area contributed by atoms with E-state index in [4.69, 9.17) is 4.74 Å². The predicted octanol–water partition coefficient (Wildman–Crippen LogP) is 3.84. The van der Waals surface area contributed by atoms with Gasteiger partial charge in [0.1, 0.15) is 5.60 Å². The number of nitrogens with zero attached hydrogens (tertiary/aromatic N) is 1. The molecule has 1 heterocycles. The van der Waals surface area contributed by atoms with Crippen molar-refractivity contribution in [3.8, 4) is 0 Å². The summed E-state index contributed by atoms with van der Waals surface area (Å²) < 4.78 is 5.38. The molecule has 1 aliphatic heterocycles. The average molecular weight is 340 g/mol. The molecule has 1 N–H and O–H groups in total. The molecule has 25 heavy (non-hydrogen) atoms. The number of carbonyl (C=O) groups is 1. The zero-order valence-corrected chi connectivity index (χ0v) is 15.4. The van der Waals surface area contributed by atoms with E-state index in [9.17, 15) is 4.79 Å². The number of likely N-dealkylation sites (tertiary alicyclic amines) is 1. The molecule has 0 spiro atoms.